The second kappa shape index (κ2) is 8.35. The summed E-state index contributed by atoms with van der Waals surface area (Å²) in [7, 11) is 1.96. The minimum atomic E-state index is -0.235. The first-order valence-electron chi connectivity index (χ1n) is 8.10. The van der Waals surface area contributed by atoms with E-state index >= 15 is 0 Å². The third-order valence-corrected chi connectivity index (χ3v) is 4.79. The monoisotopic (exact) mass is 346 g/mol. The molecular weight excluding hydrogens is 320 g/mol. The maximum atomic E-state index is 12.5. The molecule has 0 aliphatic heterocycles. The Labute approximate surface area is 148 Å². The second-order valence-corrected chi connectivity index (χ2v) is 7.06. The lowest BCUT2D eigenvalue weighted by Crippen LogP contribution is -2.39. The minimum absolute atomic E-state index is 0.0272. The van der Waals surface area contributed by atoms with Gasteiger partial charge >= 0.3 is 0 Å². The topological polar surface area (TPSA) is 50.2 Å². The number of hydrogen-bond donors (Lipinski definition) is 1. The molecule has 1 amide bonds. The van der Waals surface area contributed by atoms with Gasteiger partial charge < -0.3 is 5.32 Å². The van der Waals surface area contributed by atoms with Crippen LogP contribution in [0.25, 0.3) is 0 Å². The van der Waals surface area contributed by atoms with Crippen LogP contribution in [0.1, 0.15) is 32.4 Å². The van der Waals surface area contributed by atoms with E-state index in [-0.39, 0.29) is 18.0 Å². The van der Waals surface area contributed by atoms with Crippen molar-refractivity contribution in [2.75, 3.05) is 18.6 Å². The van der Waals surface area contributed by atoms with Gasteiger partial charge in [0.2, 0.25) is 5.91 Å². The van der Waals surface area contributed by atoms with Crippen molar-refractivity contribution in [2.24, 2.45) is 0 Å². The second-order valence-electron chi connectivity index (χ2n) is 6.18. The fourth-order valence-electron chi connectivity index (χ4n) is 2.41. The number of thioether (sulfide) groups is 1. The SMILES string of the molecule is CSc1ccc(CN(C)[C@H](C)C(=O)Nc2ccnn2C(C)C)cc1. The molecule has 0 aliphatic rings. The predicted octanol–water partition coefficient (Wildman–Crippen LogP) is 3.64. The fraction of sp³-hybridized carbons (Fsp3) is 0.444. The Kier molecular flexibility index (Phi) is 6.45. The van der Waals surface area contributed by atoms with Crippen LogP contribution >= 0.6 is 11.8 Å². The van der Waals surface area contributed by atoms with Crippen LogP contribution in [-0.4, -0.2) is 39.9 Å². The van der Waals surface area contributed by atoms with Crippen molar-refractivity contribution in [1.82, 2.24) is 14.7 Å². The Morgan fingerprint density at radius 3 is 2.50 bits per heavy atom. The molecule has 130 valence electrons. The number of likely N-dealkylation sites (N-methyl/N-ethyl adjacent to an activating group) is 1. The largest absolute Gasteiger partial charge is 0.310 e. The normalized spacial score (nSPS) is 12.6. The highest BCUT2D eigenvalue weighted by Gasteiger charge is 2.20. The van der Waals surface area contributed by atoms with Gasteiger partial charge in [-0.15, -0.1) is 11.8 Å². The molecule has 0 spiro atoms. The molecule has 2 rings (SSSR count). The molecule has 1 N–H and O–H groups in total. The maximum Gasteiger partial charge on any atom is 0.242 e. The van der Waals surface area contributed by atoms with E-state index in [1.54, 1.807) is 18.0 Å². The van der Waals surface area contributed by atoms with Crippen molar-refractivity contribution in [3.8, 4) is 0 Å². The van der Waals surface area contributed by atoms with Crippen LogP contribution in [-0.2, 0) is 11.3 Å². The summed E-state index contributed by atoms with van der Waals surface area (Å²) >= 11 is 1.73. The number of nitrogens with one attached hydrogen (secondary N) is 1. The van der Waals surface area contributed by atoms with Crippen molar-refractivity contribution >= 4 is 23.5 Å². The van der Waals surface area contributed by atoms with E-state index in [0.29, 0.717) is 0 Å². The molecule has 1 atom stereocenters. The van der Waals surface area contributed by atoms with Gasteiger partial charge in [0.15, 0.2) is 0 Å². The van der Waals surface area contributed by atoms with Gasteiger partial charge in [-0.05, 0) is 51.8 Å². The summed E-state index contributed by atoms with van der Waals surface area (Å²) in [6.45, 7) is 6.72. The van der Waals surface area contributed by atoms with Gasteiger partial charge in [0.1, 0.15) is 5.82 Å². The number of hydrogen-bond acceptors (Lipinski definition) is 4. The first-order chi connectivity index (χ1) is 11.4. The van der Waals surface area contributed by atoms with Crippen molar-refractivity contribution in [3.63, 3.8) is 0 Å². The molecule has 0 saturated carbocycles. The van der Waals surface area contributed by atoms with Crippen molar-refractivity contribution in [3.05, 3.63) is 42.1 Å². The smallest absolute Gasteiger partial charge is 0.242 e. The Balaban J connectivity index is 1.97. The number of aromatic nitrogens is 2. The molecule has 0 aliphatic carbocycles. The van der Waals surface area contributed by atoms with Gasteiger partial charge in [-0.25, -0.2) is 4.68 Å². The summed E-state index contributed by atoms with van der Waals surface area (Å²) in [6.07, 6.45) is 3.77. The van der Waals surface area contributed by atoms with E-state index in [1.165, 1.54) is 10.5 Å². The van der Waals surface area contributed by atoms with E-state index in [0.717, 1.165) is 12.4 Å². The lowest BCUT2D eigenvalue weighted by atomic mass is 10.2. The molecule has 0 fully saturated rings. The molecule has 1 aromatic carbocycles. The Morgan fingerprint density at radius 2 is 1.92 bits per heavy atom. The standard InChI is InChI=1S/C18H26N4OS/c1-13(2)22-17(10-11-19-22)20-18(23)14(3)21(4)12-15-6-8-16(24-5)9-7-15/h6-11,13-14H,12H2,1-5H3,(H,20,23)/t14-/m1/s1. The van der Waals surface area contributed by atoms with E-state index in [1.807, 2.05) is 43.5 Å². The zero-order chi connectivity index (χ0) is 17.7. The first-order valence-corrected chi connectivity index (χ1v) is 9.32. The molecule has 0 unspecified atom stereocenters. The van der Waals surface area contributed by atoms with Gasteiger partial charge in [0, 0.05) is 23.5 Å². The zero-order valence-corrected chi connectivity index (χ0v) is 15.8. The Bertz CT molecular complexity index is 666. The lowest BCUT2D eigenvalue weighted by molar-refractivity contribution is -0.120. The quantitative estimate of drug-likeness (QED) is 0.778. The van der Waals surface area contributed by atoms with Crippen LogP contribution in [0.15, 0.2) is 41.4 Å². The van der Waals surface area contributed by atoms with E-state index in [9.17, 15) is 4.79 Å². The highest BCUT2D eigenvalue weighted by Crippen LogP contribution is 2.17. The van der Waals surface area contributed by atoms with Crippen molar-refractivity contribution < 1.29 is 4.79 Å². The van der Waals surface area contributed by atoms with Crippen molar-refractivity contribution in [1.29, 1.82) is 0 Å². The van der Waals surface area contributed by atoms with Crippen molar-refractivity contribution in [2.45, 2.75) is 44.3 Å². The molecule has 2 aromatic rings. The molecule has 0 radical (unpaired) electrons. The summed E-state index contributed by atoms with van der Waals surface area (Å²) in [5.74, 6) is 0.709. The van der Waals surface area contributed by atoms with Crippen LogP contribution in [0.4, 0.5) is 5.82 Å². The lowest BCUT2D eigenvalue weighted by Gasteiger charge is -2.24. The van der Waals surface area contributed by atoms with Crippen LogP contribution in [0.2, 0.25) is 0 Å². The number of benzene rings is 1. The van der Waals surface area contributed by atoms with Gasteiger partial charge in [-0.3, -0.25) is 9.69 Å². The zero-order valence-electron chi connectivity index (χ0n) is 15.0. The average molecular weight is 347 g/mol. The van der Waals surface area contributed by atoms with Gasteiger partial charge in [-0.2, -0.15) is 5.10 Å². The van der Waals surface area contributed by atoms with E-state index in [4.69, 9.17) is 0 Å². The average Bonchev–Trinajstić information content (AvgIpc) is 3.03. The maximum absolute atomic E-state index is 12.5. The number of rotatable bonds is 7. The molecule has 5 nitrogen and oxygen atoms in total. The predicted molar refractivity (Wildman–Crippen MR) is 100 cm³/mol. The molecule has 0 saturated heterocycles. The number of carbonyl (C=O) groups excluding carboxylic acids is 1. The van der Waals surface area contributed by atoms with Crippen LogP contribution in [0.3, 0.4) is 0 Å². The van der Waals surface area contributed by atoms with E-state index in [2.05, 4.69) is 40.9 Å². The van der Waals surface area contributed by atoms with Gasteiger partial charge in [0.25, 0.3) is 0 Å². The summed E-state index contributed by atoms with van der Waals surface area (Å²) in [5, 5.41) is 7.22. The molecule has 0 bridgehead atoms. The first kappa shape index (κ1) is 18.5. The molecular formula is C18H26N4OS. The summed E-state index contributed by atoms with van der Waals surface area (Å²) in [5.41, 5.74) is 1.20. The highest BCUT2D eigenvalue weighted by atomic mass is 32.2. The van der Waals surface area contributed by atoms with Crippen LogP contribution in [0, 0.1) is 0 Å². The Hall–Kier alpha value is -1.79. The Morgan fingerprint density at radius 1 is 1.25 bits per heavy atom. The third kappa shape index (κ3) is 4.61. The van der Waals surface area contributed by atoms with Crippen LogP contribution in [0.5, 0.6) is 0 Å². The van der Waals surface area contributed by atoms with Crippen LogP contribution < -0.4 is 5.32 Å². The summed E-state index contributed by atoms with van der Waals surface area (Å²) in [4.78, 5) is 15.8. The number of nitrogens with zero attached hydrogens (tertiary/aromatic N) is 3. The number of amides is 1. The molecule has 24 heavy (non-hydrogen) atoms. The number of anilines is 1. The summed E-state index contributed by atoms with van der Waals surface area (Å²) in [6, 6.07) is 10.2. The van der Waals surface area contributed by atoms with Gasteiger partial charge in [0.05, 0.1) is 12.2 Å². The summed E-state index contributed by atoms with van der Waals surface area (Å²) < 4.78 is 1.81. The third-order valence-electron chi connectivity index (χ3n) is 4.04. The molecule has 1 heterocycles. The van der Waals surface area contributed by atoms with E-state index < -0.39 is 0 Å². The fourth-order valence-corrected chi connectivity index (χ4v) is 2.82. The molecule has 1 aromatic heterocycles. The highest BCUT2D eigenvalue weighted by molar-refractivity contribution is 7.98. The molecule has 6 heteroatoms. The minimum Gasteiger partial charge on any atom is -0.310 e. The number of carbonyl (C=O) groups is 1. The van der Waals surface area contributed by atoms with Gasteiger partial charge in [-0.1, -0.05) is 12.1 Å².